The molecule has 0 aliphatic rings. The van der Waals surface area contributed by atoms with Crippen LogP contribution < -0.4 is 29.6 Å². The molecule has 0 aromatic rings. The summed E-state index contributed by atoms with van der Waals surface area (Å²) < 4.78 is 30.8. The van der Waals surface area contributed by atoms with Crippen LogP contribution in [0.25, 0.3) is 0 Å². The molecule has 0 saturated carbocycles. The molecule has 0 amide bonds. The van der Waals surface area contributed by atoms with Crippen LogP contribution in [0.1, 0.15) is 1.43 Å². The van der Waals surface area contributed by atoms with Crippen LogP contribution in [0.3, 0.4) is 0 Å². The second-order valence-electron chi connectivity index (χ2n) is 0.513. The maximum absolute atomic E-state index is 8.97. The molecule has 8 heavy (non-hydrogen) atoms. The van der Waals surface area contributed by atoms with Gasteiger partial charge in [0, 0.05) is 0 Å². The van der Waals surface area contributed by atoms with Crippen LogP contribution >= 0.6 is 0 Å². The zero-order valence-electron chi connectivity index (χ0n) is 5.61. The Labute approximate surface area is 105 Å². The third kappa shape index (κ3) is 66.6. The standard InChI is InChI=1S/AsH3.Na.3H2O.O.2Sb.4H/h1H3;;3*1H2;;;;;;;/q;+1;;;;;;+3;;;;-1/p-3. The van der Waals surface area contributed by atoms with Gasteiger partial charge in [-0.1, -0.05) is 0 Å². The van der Waals surface area contributed by atoms with Gasteiger partial charge in [-0.05, 0) is 0 Å². The van der Waals surface area contributed by atoms with Crippen molar-refractivity contribution in [3.05, 3.63) is 0 Å². The van der Waals surface area contributed by atoms with E-state index in [4.69, 9.17) is 13.2 Å². The summed E-state index contributed by atoms with van der Waals surface area (Å²) in [4.78, 5) is 0. The van der Waals surface area contributed by atoms with E-state index in [0.717, 1.165) is 0 Å². The summed E-state index contributed by atoms with van der Waals surface area (Å²) in [5.74, 6) is 0. The van der Waals surface area contributed by atoms with E-state index >= 15 is 0 Å². The molecule has 0 bridgehead atoms. The summed E-state index contributed by atoms with van der Waals surface area (Å²) >= 11 is -5.35. The first-order valence-corrected chi connectivity index (χ1v) is 5.25. The van der Waals surface area contributed by atoms with Gasteiger partial charge in [-0.25, -0.2) is 0 Å². The van der Waals surface area contributed by atoms with E-state index < -0.39 is 20.1 Å². The van der Waals surface area contributed by atoms with Crippen molar-refractivity contribution in [2.45, 2.75) is 0 Å². The third-order valence-electron chi connectivity index (χ3n) is 0. The SMILES string of the molecule is [AsH3].[H-].[Na+].[O]=[Sb]([OH])([OH])[OH].[SbH3]. The van der Waals surface area contributed by atoms with Gasteiger partial charge in [0.15, 0.2) is 0 Å². The fourth-order valence-corrected chi connectivity index (χ4v) is 0. The first-order valence-electron chi connectivity index (χ1n) is 0.783. The Morgan fingerprint density at radius 3 is 1.25 bits per heavy atom. The molecule has 0 aromatic carbocycles. The van der Waals surface area contributed by atoms with E-state index in [0.29, 0.717) is 0 Å². The van der Waals surface area contributed by atoms with Gasteiger partial charge in [0.05, 0.1) is 0 Å². The Kier molecular flexibility index (Phi) is 27.7. The Balaban J connectivity index is -0.0000000133. The molecule has 0 heterocycles. The molecule has 0 spiro atoms. The molecule has 0 aromatic heterocycles. The topological polar surface area (TPSA) is 77.8 Å². The Morgan fingerprint density at radius 1 is 1.25 bits per heavy atom. The number of hydrogen-bond acceptors (Lipinski definition) is 1. The molecule has 1 unspecified atom stereocenters. The van der Waals surface area contributed by atoms with Crippen molar-refractivity contribution >= 4 is 62.4 Å². The summed E-state index contributed by atoms with van der Waals surface area (Å²) in [6, 6.07) is 0. The summed E-state index contributed by atoms with van der Waals surface area (Å²) in [5, 5.41) is 0. The van der Waals surface area contributed by atoms with Gasteiger partial charge in [0.1, 0.15) is 0 Å². The van der Waals surface area contributed by atoms with E-state index in [2.05, 4.69) is 0 Å². The zero-order chi connectivity index (χ0) is 4.50. The zero-order valence-corrected chi connectivity index (χ0v) is 16.2. The molecular weight excluding hydrogens is 405 g/mol. The second-order valence-corrected chi connectivity index (χ2v) is 3.44. The molecule has 4 nitrogen and oxygen atoms in total. The predicted octanol–water partition coefficient (Wildman–Crippen LogP) is -7.42. The molecule has 1 atom stereocenters. The van der Waals surface area contributed by atoms with Crippen LogP contribution in [0.4, 0.5) is 0 Å². The van der Waals surface area contributed by atoms with Crippen molar-refractivity contribution in [3.63, 3.8) is 0 Å². The van der Waals surface area contributed by atoms with Gasteiger partial charge in [0.25, 0.3) is 0 Å². The average molecular weight is 416 g/mol. The van der Waals surface area contributed by atoms with Crippen molar-refractivity contribution in [2.75, 3.05) is 0 Å². The minimum atomic E-state index is -5.35. The Hall–Kier alpha value is 2.87. The molecule has 0 rings (SSSR count). The molecule has 0 fully saturated rings. The van der Waals surface area contributed by atoms with Gasteiger partial charge in [-0.2, -0.15) is 0 Å². The van der Waals surface area contributed by atoms with Gasteiger partial charge < -0.3 is 1.43 Å². The van der Waals surface area contributed by atoms with Crippen molar-refractivity contribution in [2.24, 2.45) is 0 Å². The van der Waals surface area contributed by atoms with Crippen molar-refractivity contribution < 1.29 is 44.2 Å². The summed E-state index contributed by atoms with van der Waals surface area (Å²) in [7, 11) is 0. The van der Waals surface area contributed by atoms with Crippen molar-refractivity contribution in [1.82, 2.24) is 0 Å². The molecule has 50 valence electrons. The first-order chi connectivity index (χ1) is 2.00. The maximum atomic E-state index is 8.97. The molecule has 3 N–H and O–H groups in total. The fourth-order valence-electron chi connectivity index (χ4n) is 0. The normalized spacial score (nSPS) is 7.38. The Morgan fingerprint density at radius 2 is 1.25 bits per heavy atom. The minimum absolute atomic E-state index is 0. The summed E-state index contributed by atoms with van der Waals surface area (Å²) in [5.41, 5.74) is 0. The van der Waals surface area contributed by atoms with E-state index in [1.165, 1.54) is 0 Å². The number of hydrogen-bond donors (Lipinski definition) is 3. The third-order valence-corrected chi connectivity index (χ3v) is 0. The van der Waals surface area contributed by atoms with Crippen molar-refractivity contribution in [3.8, 4) is 0 Å². The molecule has 0 aliphatic carbocycles. The molecule has 0 saturated heterocycles. The van der Waals surface area contributed by atoms with E-state index in [9.17, 15) is 0 Å². The van der Waals surface area contributed by atoms with Gasteiger partial charge >= 0.3 is 105 Å². The summed E-state index contributed by atoms with van der Waals surface area (Å²) in [6.45, 7) is 0. The quantitative estimate of drug-likeness (QED) is 0.344. The monoisotopic (exact) mass is 414 g/mol. The van der Waals surface area contributed by atoms with Gasteiger partial charge in [-0.15, -0.1) is 0 Å². The summed E-state index contributed by atoms with van der Waals surface area (Å²) in [6.07, 6.45) is 0. The van der Waals surface area contributed by atoms with Gasteiger partial charge in [-0.3, -0.25) is 0 Å². The van der Waals surface area contributed by atoms with E-state index in [1.54, 1.807) is 0 Å². The van der Waals surface area contributed by atoms with E-state index in [-0.39, 0.29) is 73.4 Å². The van der Waals surface area contributed by atoms with Crippen LogP contribution in [0.5, 0.6) is 0 Å². The first kappa shape index (κ1) is 22.4. The number of rotatable bonds is 0. The fraction of sp³-hybridized carbons (Fsp3) is 0. The Bertz CT molecular complexity index is 64.7. The second kappa shape index (κ2) is 9.87. The molecule has 0 radical (unpaired) electrons. The van der Waals surface area contributed by atoms with Crippen molar-refractivity contribution in [1.29, 1.82) is 0 Å². The van der Waals surface area contributed by atoms with Crippen LogP contribution in [0.15, 0.2) is 0 Å². The molecule has 8 heteroatoms. The van der Waals surface area contributed by atoms with Crippen LogP contribution in [0.2, 0.25) is 0 Å². The molecular formula is H10AsNaO4Sb2. The van der Waals surface area contributed by atoms with Gasteiger partial charge in [0.2, 0.25) is 0 Å². The van der Waals surface area contributed by atoms with Crippen LogP contribution in [-0.4, -0.2) is 72.6 Å². The van der Waals surface area contributed by atoms with Crippen LogP contribution in [-0.2, 0) is 3.02 Å². The predicted molar refractivity (Wildman–Crippen MR) is 34.1 cm³/mol. The van der Waals surface area contributed by atoms with Crippen LogP contribution in [0, 0.1) is 0 Å². The molecule has 0 aliphatic heterocycles. The van der Waals surface area contributed by atoms with E-state index in [1.807, 2.05) is 0 Å². The average Bonchev–Trinajstić information content (AvgIpc) is 0.722.